The van der Waals surface area contributed by atoms with Crippen LogP contribution in [0.2, 0.25) is 0 Å². The molecule has 0 aliphatic rings. The highest BCUT2D eigenvalue weighted by Gasteiger charge is 2.30. The predicted octanol–water partition coefficient (Wildman–Crippen LogP) is 1.86. The summed E-state index contributed by atoms with van der Waals surface area (Å²) in [6.07, 6.45) is 0. The van der Waals surface area contributed by atoms with Crippen LogP contribution in [0.15, 0.2) is 0 Å². The number of nitrogens with two attached hydrogens (primary N) is 1. The van der Waals surface area contributed by atoms with Crippen molar-refractivity contribution >= 4 is 5.91 Å². The highest BCUT2D eigenvalue weighted by Crippen LogP contribution is 2.19. The minimum Gasteiger partial charge on any atom is -0.341 e. The molecule has 0 rings (SSSR count). The molecule has 0 spiro atoms. The molecule has 1 atom stereocenters. The fourth-order valence-corrected chi connectivity index (χ4v) is 1.38. The zero-order chi connectivity index (χ0) is 12.2. The number of nitrogens with zero attached hydrogens (tertiary/aromatic N) is 1. The minimum absolute atomic E-state index is 0.0682. The van der Waals surface area contributed by atoms with Gasteiger partial charge in [0.1, 0.15) is 0 Å². The van der Waals surface area contributed by atoms with Crippen LogP contribution in [0.3, 0.4) is 0 Å². The Hall–Kier alpha value is -0.570. The summed E-state index contributed by atoms with van der Waals surface area (Å²) in [5.74, 6) is 0.555. The number of rotatable bonds is 4. The first-order valence-corrected chi connectivity index (χ1v) is 5.74. The summed E-state index contributed by atoms with van der Waals surface area (Å²) in [5, 5.41) is 0. The van der Waals surface area contributed by atoms with E-state index in [-0.39, 0.29) is 11.3 Å². The number of likely N-dealkylation sites (N-methyl/N-ethyl adjacent to an activating group) is 1. The molecule has 3 heteroatoms. The zero-order valence-corrected chi connectivity index (χ0v) is 11.0. The molecule has 15 heavy (non-hydrogen) atoms. The lowest BCUT2D eigenvalue weighted by Crippen LogP contribution is -2.51. The molecule has 2 N–H and O–H groups in total. The van der Waals surface area contributed by atoms with E-state index in [0.717, 1.165) is 13.1 Å². The van der Waals surface area contributed by atoms with E-state index in [2.05, 4.69) is 13.8 Å². The molecule has 0 bridgehead atoms. The van der Waals surface area contributed by atoms with Gasteiger partial charge in [0, 0.05) is 13.1 Å². The second-order valence-electron chi connectivity index (χ2n) is 5.61. The molecule has 0 radical (unpaired) electrons. The third kappa shape index (κ3) is 4.65. The first-order valence-electron chi connectivity index (χ1n) is 5.74. The number of carbonyl (C=O) groups excluding carboxylic acids is 1. The van der Waals surface area contributed by atoms with Crippen molar-refractivity contribution in [2.24, 2.45) is 17.1 Å². The van der Waals surface area contributed by atoms with E-state index in [1.54, 1.807) is 0 Å². The second kappa shape index (κ2) is 5.50. The molecular weight excluding hydrogens is 188 g/mol. The van der Waals surface area contributed by atoms with Gasteiger partial charge in [0.2, 0.25) is 5.91 Å². The second-order valence-corrected chi connectivity index (χ2v) is 5.61. The molecule has 0 aliphatic heterocycles. The summed E-state index contributed by atoms with van der Waals surface area (Å²) in [7, 11) is 0. The number of carbonyl (C=O) groups is 1. The average molecular weight is 214 g/mol. The molecule has 0 saturated carbocycles. The van der Waals surface area contributed by atoms with Gasteiger partial charge < -0.3 is 10.6 Å². The van der Waals surface area contributed by atoms with Crippen molar-refractivity contribution < 1.29 is 4.79 Å². The van der Waals surface area contributed by atoms with E-state index in [0.29, 0.717) is 5.92 Å². The molecule has 1 amide bonds. The average Bonchev–Trinajstić information content (AvgIpc) is 2.10. The zero-order valence-electron chi connectivity index (χ0n) is 11.0. The molecule has 0 heterocycles. The predicted molar refractivity (Wildman–Crippen MR) is 64.5 cm³/mol. The minimum atomic E-state index is -0.406. The maximum Gasteiger partial charge on any atom is 0.240 e. The largest absolute Gasteiger partial charge is 0.341 e. The molecule has 0 unspecified atom stereocenters. The van der Waals surface area contributed by atoms with E-state index < -0.39 is 6.04 Å². The Morgan fingerprint density at radius 2 is 1.80 bits per heavy atom. The van der Waals surface area contributed by atoms with Crippen LogP contribution in [-0.2, 0) is 4.79 Å². The van der Waals surface area contributed by atoms with Crippen LogP contribution in [-0.4, -0.2) is 29.9 Å². The molecular formula is C12H26N2O. The molecule has 0 aliphatic carbocycles. The summed E-state index contributed by atoms with van der Waals surface area (Å²) in [6.45, 7) is 13.7. The SMILES string of the molecule is CCN(CC(C)C)C(=O)[C@H](N)C(C)(C)C. The summed E-state index contributed by atoms with van der Waals surface area (Å²) < 4.78 is 0. The smallest absolute Gasteiger partial charge is 0.240 e. The normalized spacial score (nSPS) is 14.1. The van der Waals surface area contributed by atoms with Gasteiger partial charge >= 0.3 is 0 Å². The fourth-order valence-electron chi connectivity index (χ4n) is 1.38. The Kier molecular flexibility index (Phi) is 5.29. The van der Waals surface area contributed by atoms with E-state index >= 15 is 0 Å². The van der Waals surface area contributed by atoms with Crippen LogP contribution in [0.5, 0.6) is 0 Å². The van der Waals surface area contributed by atoms with Crippen LogP contribution < -0.4 is 5.73 Å². The summed E-state index contributed by atoms with van der Waals surface area (Å²) in [5.41, 5.74) is 5.79. The number of hydrogen-bond acceptors (Lipinski definition) is 2. The lowest BCUT2D eigenvalue weighted by molar-refractivity contribution is -0.135. The van der Waals surface area contributed by atoms with E-state index in [1.165, 1.54) is 0 Å². The maximum absolute atomic E-state index is 12.1. The monoisotopic (exact) mass is 214 g/mol. The number of amides is 1. The van der Waals surface area contributed by atoms with Gasteiger partial charge in [-0.3, -0.25) is 4.79 Å². The van der Waals surface area contributed by atoms with Gasteiger partial charge in [-0.05, 0) is 18.3 Å². The Labute approximate surface area is 94.0 Å². The van der Waals surface area contributed by atoms with Gasteiger partial charge in [0.05, 0.1) is 6.04 Å². The number of hydrogen-bond donors (Lipinski definition) is 1. The molecule has 0 aromatic heterocycles. The third-order valence-electron chi connectivity index (χ3n) is 2.48. The van der Waals surface area contributed by atoms with Crippen molar-refractivity contribution in [2.75, 3.05) is 13.1 Å². The van der Waals surface area contributed by atoms with Crippen LogP contribution in [0.1, 0.15) is 41.5 Å². The molecule has 0 aromatic rings. The van der Waals surface area contributed by atoms with Crippen LogP contribution in [0, 0.1) is 11.3 Å². The summed E-state index contributed by atoms with van der Waals surface area (Å²) >= 11 is 0. The lowest BCUT2D eigenvalue weighted by Gasteiger charge is -2.32. The summed E-state index contributed by atoms with van der Waals surface area (Å²) in [4.78, 5) is 13.9. The topological polar surface area (TPSA) is 46.3 Å². The Morgan fingerprint density at radius 3 is 2.07 bits per heavy atom. The molecule has 0 aromatic carbocycles. The molecule has 90 valence electrons. The van der Waals surface area contributed by atoms with Crippen molar-refractivity contribution in [1.29, 1.82) is 0 Å². The lowest BCUT2D eigenvalue weighted by atomic mass is 9.86. The van der Waals surface area contributed by atoms with E-state index in [9.17, 15) is 4.79 Å². The Balaban J connectivity index is 4.52. The fraction of sp³-hybridized carbons (Fsp3) is 0.917. The first-order chi connectivity index (χ1) is 6.70. The quantitative estimate of drug-likeness (QED) is 0.776. The van der Waals surface area contributed by atoms with Crippen LogP contribution in [0.4, 0.5) is 0 Å². The standard InChI is InChI=1S/C12H26N2O/c1-7-14(8-9(2)3)11(15)10(13)12(4,5)6/h9-10H,7-8,13H2,1-6H3/t10-/m0/s1. The van der Waals surface area contributed by atoms with Crippen LogP contribution in [0.25, 0.3) is 0 Å². The maximum atomic E-state index is 12.1. The van der Waals surface area contributed by atoms with Crippen molar-refractivity contribution in [2.45, 2.75) is 47.6 Å². The van der Waals surface area contributed by atoms with Gasteiger partial charge in [-0.25, -0.2) is 0 Å². The first kappa shape index (κ1) is 14.4. The van der Waals surface area contributed by atoms with Gasteiger partial charge in [0.15, 0.2) is 0 Å². The Morgan fingerprint density at radius 1 is 1.33 bits per heavy atom. The van der Waals surface area contributed by atoms with Gasteiger partial charge in [-0.2, -0.15) is 0 Å². The van der Waals surface area contributed by atoms with E-state index in [4.69, 9.17) is 5.73 Å². The van der Waals surface area contributed by atoms with Crippen molar-refractivity contribution in [3.63, 3.8) is 0 Å². The van der Waals surface area contributed by atoms with Gasteiger partial charge in [-0.15, -0.1) is 0 Å². The van der Waals surface area contributed by atoms with Crippen molar-refractivity contribution in [1.82, 2.24) is 4.90 Å². The summed E-state index contributed by atoms with van der Waals surface area (Å²) in [6, 6.07) is -0.406. The Bertz CT molecular complexity index is 206. The van der Waals surface area contributed by atoms with Crippen molar-refractivity contribution in [3.8, 4) is 0 Å². The van der Waals surface area contributed by atoms with Crippen LogP contribution >= 0.6 is 0 Å². The highest BCUT2D eigenvalue weighted by molar-refractivity contribution is 5.82. The highest BCUT2D eigenvalue weighted by atomic mass is 16.2. The van der Waals surface area contributed by atoms with E-state index in [1.807, 2.05) is 32.6 Å². The van der Waals surface area contributed by atoms with Gasteiger partial charge in [-0.1, -0.05) is 34.6 Å². The molecule has 0 saturated heterocycles. The molecule has 0 fully saturated rings. The van der Waals surface area contributed by atoms with Crippen molar-refractivity contribution in [3.05, 3.63) is 0 Å². The van der Waals surface area contributed by atoms with Gasteiger partial charge in [0.25, 0.3) is 0 Å². The third-order valence-corrected chi connectivity index (χ3v) is 2.48. The molecule has 3 nitrogen and oxygen atoms in total.